The summed E-state index contributed by atoms with van der Waals surface area (Å²) >= 11 is 0. The smallest absolute Gasteiger partial charge is 0.292 e. The summed E-state index contributed by atoms with van der Waals surface area (Å²) in [4.78, 5) is 15.7. The first-order valence-corrected chi connectivity index (χ1v) is 7.34. The van der Waals surface area contributed by atoms with E-state index in [9.17, 15) is 22.4 Å². The zero-order valence-corrected chi connectivity index (χ0v) is 13.1. The maximum atomic E-state index is 13.6. The van der Waals surface area contributed by atoms with Crippen LogP contribution >= 0.6 is 0 Å². The number of amides is 1. The van der Waals surface area contributed by atoms with Crippen LogP contribution in [0.3, 0.4) is 0 Å². The molecule has 2 heterocycles. The zero-order valence-electron chi connectivity index (χ0n) is 13.1. The number of alkyl halides is 3. The Morgan fingerprint density at radius 2 is 1.88 bits per heavy atom. The van der Waals surface area contributed by atoms with Gasteiger partial charge < -0.3 is 0 Å². The van der Waals surface area contributed by atoms with Crippen molar-refractivity contribution >= 4 is 11.9 Å². The van der Waals surface area contributed by atoms with Crippen molar-refractivity contribution in [3.05, 3.63) is 59.9 Å². The Hall–Kier alpha value is -3.24. The van der Waals surface area contributed by atoms with Gasteiger partial charge in [0, 0.05) is 11.8 Å². The second kappa shape index (κ2) is 6.94. The number of nitrogens with one attached hydrogen (secondary N) is 1. The molecule has 0 aliphatic rings. The highest BCUT2D eigenvalue weighted by Crippen LogP contribution is 2.27. The minimum Gasteiger partial charge on any atom is -0.292 e. The van der Waals surface area contributed by atoms with Gasteiger partial charge in [-0.15, -0.1) is 5.10 Å². The van der Waals surface area contributed by atoms with E-state index in [-0.39, 0.29) is 12.5 Å². The molecule has 136 valence electrons. The molecule has 0 bridgehead atoms. The SMILES string of the molecule is O=C(Cn1ccc(C(F)(F)F)n1)Nc1ncn(Cc2ccccc2F)n1. The van der Waals surface area contributed by atoms with Gasteiger partial charge >= 0.3 is 6.18 Å². The normalized spacial score (nSPS) is 11.5. The number of carbonyl (C=O) groups is 1. The van der Waals surface area contributed by atoms with Crippen molar-refractivity contribution < 1.29 is 22.4 Å². The van der Waals surface area contributed by atoms with Crippen LogP contribution in [0.5, 0.6) is 0 Å². The average Bonchev–Trinajstić information content (AvgIpc) is 3.19. The fraction of sp³-hybridized carbons (Fsp3) is 0.200. The largest absolute Gasteiger partial charge is 0.435 e. The first-order valence-electron chi connectivity index (χ1n) is 7.34. The third kappa shape index (κ3) is 4.23. The van der Waals surface area contributed by atoms with Gasteiger partial charge in [-0.3, -0.25) is 14.8 Å². The molecule has 1 amide bonds. The van der Waals surface area contributed by atoms with E-state index in [0.29, 0.717) is 5.56 Å². The highest BCUT2D eigenvalue weighted by atomic mass is 19.4. The fourth-order valence-electron chi connectivity index (χ4n) is 2.14. The Bertz CT molecular complexity index is 917. The number of aromatic nitrogens is 5. The standard InChI is InChI=1S/C15H12F4N6O/c16-11-4-2-1-3-10(11)7-25-9-20-14(23-25)21-13(26)8-24-6-5-12(22-24)15(17,18)19/h1-6,9H,7-8H2,(H,21,23,26). The number of carbonyl (C=O) groups excluding carboxylic acids is 1. The minimum atomic E-state index is -4.57. The van der Waals surface area contributed by atoms with Crippen molar-refractivity contribution in [3.8, 4) is 0 Å². The Morgan fingerprint density at radius 3 is 2.58 bits per heavy atom. The van der Waals surface area contributed by atoms with E-state index in [1.165, 1.54) is 17.1 Å². The van der Waals surface area contributed by atoms with Crippen LogP contribution < -0.4 is 5.32 Å². The van der Waals surface area contributed by atoms with Gasteiger partial charge in [0.2, 0.25) is 11.9 Å². The average molecular weight is 368 g/mol. The van der Waals surface area contributed by atoms with Crippen molar-refractivity contribution in [1.82, 2.24) is 24.5 Å². The molecule has 7 nitrogen and oxygen atoms in total. The van der Waals surface area contributed by atoms with Gasteiger partial charge in [0.05, 0.1) is 6.54 Å². The first-order chi connectivity index (χ1) is 12.3. The molecule has 0 fully saturated rings. The van der Waals surface area contributed by atoms with E-state index in [2.05, 4.69) is 20.5 Å². The molecule has 0 radical (unpaired) electrons. The van der Waals surface area contributed by atoms with Crippen LogP contribution in [0.4, 0.5) is 23.5 Å². The van der Waals surface area contributed by atoms with Crippen molar-refractivity contribution in [2.24, 2.45) is 0 Å². The number of rotatable bonds is 5. The molecule has 0 saturated heterocycles. The number of anilines is 1. The highest BCUT2D eigenvalue weighted by molar-refractivity contribution is 5.88. The van der Waals surface area contributed by atoms with Crippen LogP contribution in [0, 0.1) is 5.82 Å². The highest BCUT2D eigenvalue weighted by Gasteiger charge is 2.33. The van der Waals surface area contributed by atoms with Gasteiger partial charge in [0.25, 0.3) is 0 Å². The Kier molecular flexibility index (Phi) is 4.69. The lowest BCUT2D eigenvalue weighted by atomic mass is 10.2. The molecule has 0 aliphatic heterocycles. The molecule has 0 saturated carbocycles. The maximum Gasteiger partial charge on any atom is 0.435 e. The van der Waals surface area contributed by atoms with Gasteiger partial charge in [0.15, 0.2) is 5.69 Å². The summed E-state index contributed by atoms with van der Waals surface area (Å²) in [7, 11) is 0. The number of hydrogen-bond donors (Lipinski definition) is 1. The second-order valence-corrected chi connectivity index (χ2v) is 5.30. The lowest BCUT2D eigenvalue weighted by molar-refractivity contribution is -0.141. The molecule has 0 unspecified atom stereocenters. The molecule has 1 aromatic carbocycles. The first kappa shape index (κ1) is 17.6. The molecule has 26 heavy (non-hydrogen) atoms. The summed E-state index contributed by atoms with van der Waals surface area (Å²) in [6, 6.07) is 6.91. The van der Waals surface area contributed by atoms with Crippen LogP contribution in [0.2, 0.25) is 0 Å². The third-order valence-electron chi connectivity index (χ3n) is 3.31. The quantitative estimate of drug-likeness (QED) is 0.701. The van der Waals surface area contributed by atoms with E-state index < -0.39 is 30.1 Å². The second-order valence-electron chi connectivity index (χ2n) is 5.30. The number of hydrogen-bond acceptors (Lipinski definition) is 4. The molecular weight excluding hydrogens is 356 g/mol. The van der Waals surface area contributed by atoms with Gasteiger partial charge in [-0.2, -0.15) is 18.3 Å². The number of nitrogens with zero attached hydrogens (tertiary/aromatic N) is 5. The van der Waals surface area contributed by atoms with Gasteiger partial charge in [-0.1, -0.05) is 18.2 Å². The van der Waals surface area contributed by atoms with Crippen LogP contribution in [-0.2, 0) is 24.1 Å². The molecule has 1 N–H and O–H groups in total. The minimum absolute atomic E-state index is 0.0467. The molecule has 0 aliphatic carbocycles. The van der Waals surface area contributed by atoms with E-state index in [1.807, 2.05) is 0 Å². The molecule has 0 spiro atoms. The van der Waals surface area contributed by atoms with Crippen LogP contribution in [0.25, 0.3) is 0 Å². The molecule has 3 rings (SSSR count). The van der Waals surface area contributed by atoms with E-state index >= 15 is 0 Å². The van der Waals surface area contributed by atoms with Crippen molar-refractivity contribution in [1.29, 1.82) is 0 Å². The summed E-state index contributed by atoms with van der Waals surface area (Å²) in [5, 5.41) is 9.59. The third-order valence-corrected chi connectivity index (χ3v) is 3.31. The molecule has 11 heteroatoms. The van der Waals surface area contributed by atoms with E-state index in [4.69, 9.17) is 0 Å². The molecule has 3 aromatic rings. The lowest BCUT2D eigenvalue weighted by Gasteiger charge is -2.03. The lowest BCUT2D eigenvalue weighted by Crippen LogP contribution is -2.20. The summed E-state index contributed by atoms with van der Waals surface area (Å²) in [5.41, 5.74) is -0.691. The molecule has 2 aromatic heterocycles. The molecule has 0 atom stereocenters. The van der Waals surface area contributed by atoms with Gasteiger partial charge in [0.1, 0.15) is 18.7 Å². The Labute approximate surface area is 144 Å². The van der Waals surface area contributed by atoms with E-state index in [1.54, 1.807) is 18.2 Å². The van der Waals surface area contributed by atoms with Gasteiger partial charge in [-0.05, 0) is 12.1 Å². The monoisotopic (exact) mass is 368 g/mol. The summed E-state index contributed by atoms with van der Waals surface area (Å²) in [6.45, 7) is -0.318. The molecular formula is C15H12F4N6O. The topological polar surface area (TPSA) is 77.6 Å². The summed E-state index contributed by atoms with van der Waals surface area (Å²) in [6.07, 6.45) is -2.22. The van der Waals surface area contributed by atoms with Crippen LogP contribution in [0.1, 0.15) is 11.3 Å². The number of halogens is 4. The predicted molar refractivity (Wildman–Crippen MR) is 81.4 cm³/mol. The van der Waals surface area contributed by atoms with Crippen molar-refractivity contribution in [3.63, 3.8) is 0 Å². The number of benzene rings is 1. The fourth-order valence-corrected chi connectivity index (χ4v) is 2.14. The van der Waals surface area contributed by atoms with Crippen molar-refractivity contribution in [2.45, 2.75) is 19.3 Å². The van der Waals surface area contributed by atoms with E-state index in [0.717, 1.165) is 16.9 Å². The van der Waals surface area contributed by atoms with Crippen LogP contribution in [-0.4, -0.2) is 30.5 Å². The summed E-state index contributed by atoms with van der Waals surface area (Å²) < 4.78 is 53.2. The maximum absolute atomic E-state index is 13.6. The van der Waals surface area contributed by atoms with Gasteiger partial charge in [-0.25, -0.2) is 14.1 Å². The van der Waals surface area contributed by atoms with Crippen LogP contribution in [0.15, 0.2) is 42.9 Å². The predicted octanol–water partition coefficient (Wildman–Crippen LogP) is 2.32. The summed E-state index contributed by atoms with van der Waals surface area (Å²) in [5.74, 6) is -1.09. The zero-order chi connectivity index (χ0) is 18.7. The van der Waals surface area contributed by atoms with Crippen molar-refractivity contribution in [2.75, 3.05) is 5.32 Å². The Balaban J connectivity index is 1.59. The Morgan fingerprint density at radius 1 is 1.12 bits per heavy atom.